The Balaban J connectivity index is 1.63. The molecule has 44 heavy (non-hydrogen) atoms. The number of aromatic amines is 2. The zero-order valence-electron chi connectivity index (χ0n) is 24.0. The van der Waals surface area contributed by atoms with Crippen LogP contribution in [0.4, 0.5) is 0 Å². The minimum atomic E-state index is -2.09. The second-order valence-corrected chi connectivity index (χ2v) is 13.8. The Labute approximate surface area is 258 Å². The van der Waals surface area contributed by atoms with Crippen LogP contribution in [0.5, 0.6) is 0 Å². The summed E-state index contributed by atoms with van der Waals surface area (Å²) in [5.41, 5.74) is 5.51. The van der Waals surface area contributed by atoms with Gasteiger partial charge in [0.15, 0.2) is 0 Å². The maximum Gasteiger partial charge on any atom is 0.138 e. The fourth-order valence-electron chi connectivity index (χ4n) is 6.56. The molecule has 7 aromatic rings. The molecule has 0 saturated carbocycles. The van der Waals surface area contributed by atoms with Crippen LogP contribution >= 0.6 is 10.0 Å². The molecule has 0 bridgehead atoms. The summed E-state index contributed by atoms with van der Waals surface area (Å²) in [6, 6.07) is 48.0. The summed E-state index contributed by atoms with van der Waals surface area (Å²) in [7, 11) is -2.09. The molecule has 1 aliphatic heterocycles. The first-order valence-corrected chi connectivity index (χ1v) is 16.4. The zero-order chi connectivity index (χ0) is 29.3. The van der Waals surface area contributed by atoms with Crippen LogP contribution in [0.25, 0.3) is 26.8 Å². The van der Waals surface area contributed by atoms with E-state index in [4.69, 9.17) is 9.97 Å². The van der Waals surface area contributed by atoms with Gasteiger partial charge in [0.05, 0.1) is 11.4 Å². The first-order chi connectivity index (χ1) is 21.9. The fraction of sp³-hybridized carbons (Fsp3) is 0.0256. The third-order valence-electron chi connectivity index (χ3n) is 8.31. The molecule has 4 nitrogen and oxygen atoms in total. The third kappa shape index (κ3) is 4.16. The van der Waals surface area contributed by atoms with Gasteiger partial charge in [-0.1, -0.05) is 91.0 Å². The van der Waals surface area contributed by atoms with Crippen molar-refractivity contribution in [3.63, 3.8) is 0 Å². The number of hydrogen-bond acceptors (Lipinski definition) is 2. The van der Waals surface area contributed by atoms with Gasteiger partial charge in [0.2, 0.25) is 0 Å². The number of allylic oxidation sites excluding steroid dienone is 3. The average Bonchev–Trinajstić information content (AvgIpc) is 3.87. The van der Waals surface area contributed by atoms with Gasteiger partial charge in [0.1, 0.15) is 5.82 Å². The molecule has 8 rings (SSSR count). The van der Waals surface area contributed by atoms with E-state index in [2.05, 4.69) is 137 Å². The molecule has 0 aliphatic carbocycles. The molecule has 1 atom stereocenters. The number of aromatic nitrogens is 4. The SMILES string of the molecule is c1ccc(CC2=C(c3ncc[nH]3)C(c3ccccn3)=C(c3ccc[nH]3)S2(c2ccccc2)c2cccc3ccccc23)cc1. The summed E-state index contributed by atoms with van der Waals surface area (Å²) >= 11 is 0. The molecule has 212 valence electrons. The van der Waals surface area contributed by atoms with Crippen molar-refractivity contribution in [1.29, 1.82) is 0 Å². The minimum absolute atomic E-state index is 0.755. The first kappa shape index (κ1) is 26.3. The molecule has 2 N–H and O–H groups in total. The third-order valence-corrected chi connectivity index (χ3v) is 12.4. The number of benzene rings is 4. The second-order valence-electron chi connectivity index (χ2n) is 10.8. The lowest BCUT2D eigenvalue weighted by atomic mass is 9.97. The molecular formula is C39H30N4S. The lowest BCUT2D eigenvalue weighted by Gasteiger charge is -2.43. The number of pyridine rings is 1. The quantitative estimate of drug-likeness (QED) is 0.195. The highest BCUT2D eigenvalue weighted by molar-refractivity contribution is 8.44. The normalized spacial score (nSPS) is 18.1. The number of fused-ring (bicyclic) bond motifs is 1. The Morgan fingerprint density at radius 1 is 0.568 bits per heavy atom. The molecule has 1 unspecified atom stereocenters. The molecule has 5 heteroatoms. The van der Waals surface area contributed by atoms with Gasteiger partial charge in [-0.2, -0.15) is 0 Å². The van der Waals surface area contributed by atoms with E-state index in [1.165, 1.54) is 35.9 Å². The standard InChI is InChI=1S/C39H30N4S/c1-3-13-28(14-4-1)27-35-37(39-42-25-26-43-39)36(32-20-9-10-23-40-32)38(33-21-12-24-41-33)44(35,30-17-5-2-6-18-30)34-22-11-16-29-15-7-8-19-31(29)34/h1-26,41H,27H2,(H,42,43). The number of nitrogens with zero attached hydrogens (tertiary/aromatic N) is 2. The van der Waals surface area contributed by atoms with Crippen molar-refractivity contribution in [3.05, 3.63) is 186 Å². The van der Waals surface area contributed by atoms with Crippen molar-refractivity contribution >= 4 is 36.9 Å². The van der Waals surface area contributed by atoms with Crippen LogP contribution in [0.1, 0.15) is 22.8 Å². The lowest BCUT2D eigenvalue weighted by molar-refractivity contribution is 1.19. The van der Waals surface area contributed by atoms with Crippen molar-refractivity contribution in [2.24, 2.45) is 0 Å². The van der Waals surface area contributed by atoms with E-state index in [0.29, 0.717) is 0 Å². The van der Waals surface area contributed by atoms with Crippen LogP contribution in [-0.2, 0) is 6.42 Å². The highest BCUT2D eigenvalue weighted by atomic mass is 32.3. The van der Waals surface area contributed by atoms with E-state index >= 15 is 0 Å². The smallest absolute Gasteiger partial charge is 0.138 e. The maximum absolute atomic E-state index is 5.00. The molecule has 0 radical (unpaired) electrons. The summed E-state index contributed by atoms with van der Waals surface area (Å²) in [4.78, 5) is 22.3. The van der Waals surface area contributed by atoms with E-state index in [1.54, 1.807) is 0 Å². The van der Waals surface area contributed by atoms with E-state index in [-0.39, 0.29) is 0 Å². The minimum Gasteiger partial charge on any atom is -0.361 e. The second kappa shape index (κ2) is 11.0. The molecule has 0 spiro atoms. The van der Waals surface area contributed by atoms with E-state index in [9.17, 15) is 0 Å². The number of hydrogen-bond donors (Lipinski definition) is 2. The summed E-state index contributed by atoms with van der Waals surface area (Å²) in [5, 5.41) is 2.48. The van der Waals surface area contributed by atoms with Gasteiger partial charge < -0.3 is 9.97 Å². The van der Waals surface area contributed by atoms with E-state index in [0.717, 1.165) is 34.8 Å². The van der Waals surface area contributed by atoms with Crippen molar-refractivity contribution in [2.75, 3.05) is 0 Å². The molecule has 4 heterocycles. The van der Waals surface area contributed by atoms with Crippen LogP contribution in [0.3, 0.4) is 0 Å². The van der Waals surface area contributed by atoms with Crippen LogP contribution < -0.4 is 0 Å². The Hall–Kier alpha value is -5.39. The van der Waals surface area contributed by atoms with Gasteiger partial charge in [-0.15, -0.1) is 10.0 Å². The summed E-state index contributed by atoms with van der Waals surface area (Å²) in [6.07, 6.45) is 8.44. The molecule has 3 aromatic heterocycles. The zero-order valence-corrected chi connectivity index (χ0v) is 24.8. The average molecular weight is 587 g/mol. The van der Waals surface area contributed by atoms with Crippen molar-refractivity contribution in [3.8, 4) is 0 Å². The van der Waals surface area contributed by atoms with Crippen LogP contribution in [-0.4, -0.2) is 19.9 Å². The lowest BCUT2D eigenvalue weighted by Crippen LogP contribution is -2.09. The van der Waals surface area contributed by atoms with Crippen molar-refractivity contribution < 1.29 is 0 Å². The van der Waals surface area contributed by atoms with Gasteiger partial charge in [-0.25, -0.2) is 4.98 Å². The molecule has 0 amide bonds. The van der Waals surface area contributed by atoms with Gasteiger partial charge in [0, 0.05) is 57.1 Å². The monoisotopic (exact) mass is 586 g/mol. The van der Waals surface area contributed by atoms with Crippen LogP contribution in [0, 0.1) is 0 Å². The number of H-pyrrole nitrogens is 2. The molecule has 1 aliphatic rings. The van der Waals surface area contributed by atoms with Gasteiger partial charge in [-0.3, -0.25) is 4.98 Å². The van der Waals surface area contributed by atoms with Gasteiger partial charge in [0.25, 0.3) is 0 Å². The summed E-state index contributed by atoms with van der Waals surface area (Å²) in [5.74, 6) is 0.853. The van der Waals surface area contributed by atoms with Crippen molar-refractivity contribution in [2.45, 2.75) is 16.2 Å². The predicted molar refractivity (Wildman–Crippen MR) is 182 cm³/mol. The number of rotatable bonds is 7. The maximum atomic E-state index is 5.00. The molecule has 0 saturated heterocycles. The Morgan fingerprint density at radius 3 is 2.09 bits per heavy atom. The fourth-order valence-corrected chi connectivity index (χ4v) is 11.3. The Kier molecular flexibility index (Phi) is 6.58. The van der Waals surface area contributed by atoms with Gasteiger partial charge >= 0.3 is 0 Å². The van der Waals surface area contributed by atoms with Crippen LogP contribution in [0.2, 0.25) is 0 Å². The van der Waals surface area contributed by atoms with E-state index in [1.807, 2.05) is 30.9 Å². The highest BCUT2D eigenvalue weighted by Gasteiger charge is 2.48. The van der Waals surface area contributed by atoms with E-state index < -0.39 is 10.0 Å². The molecule has 0 fully saturated rings. The topological polar surface area (TPSA) is 57.4 Å². The molecular weight excluding hydrogens is 557 g/mol. The Bertz CT molecular complexity index is 2110. The van der Waals surface area contributed by atoms with Gasteiger partial charge in [-0.05, 0) is 63.7 Å². The Morgan fingerprint density at radius 2 is 1.34 bits per heavy atom. The predicted octanol–water partition coefficient (Wildman–Crippen LogP) is 9.74. The number of nitrogens with one attached hydrogen (secondary N) is 2. The first-order valence-electron chi connectivity index (χ1n) is 14.8. The summed E-state index contributed by atoms with van der Waals surface area (Å²) < 4.78 is 0. The number of imidazole rings is 1. The molecule has 4 aromatic carbocycles. The largest absolute Gasteiger partial charge is 0.361 e. The van der Waals surface area contributed by atoms with Crippen molar-refractivity contribution in [1.82, 2.24) is 19.9 Å². The van der Waals surface area contributed by atoms with Crippen LogP contribution in [0.15, 0.2) is 173 Å². The highest BCUT2D eigenvalue weighted by Crippen LogP contribution is 2.83. The summed E-state index contributed by atoms with van der Waals surface area (Å²) in [6.45, 7) is 0.